The number of carbonyl (C=O) groups excluding carboxylic acids is 3. The van der Waals surface area contributed by atoms with Gasteiger partial charge in [-0.05, 0) is 27.8 Å². The molecule has 0 bridgehead atoms. The molecule has 0 fully saturated rings. The third kappa shape index (κ3) is 6.86. The number of ether oxygens (including phenoxy) is 3. The number of methoxy groups -OCH3 is 1. The van der Waals surface area contributed by atoms with Gasteiger partial charge in [0.1, 0.15) is 19.3 Å². The van der Waals surface area contributed by atoms with Gasteiger partial charge in [-0.2, -0.15) is 0 Å². The second-order valence-electron chi connectivity index (χ2n) is 8.43. The Morgan fingerprint density at radius 3 is 2.11 bits per heavy atom. The van der Waals surface area contributed by atoms with Crippen LogP contribution in [0.1, 0.15) is 22.6 Å². The van der Waals surface area contributed by atoms with Crippen LogP contribution in [0.3, 0.4) is 0 Å². The molecule has 9 heteroatoms. The highest BCUT2D eigenvalue weighted by molar-refractivity contribution is 5.81. The molecular formula is C28H29N3O6. The third-order valence-electron chi connectivity index (χ3n) is 5.96. The van der Waals surface area contributed by atoms with Crippen molar-refractivity contribution in [3.63, 3.8) is 0 Å². The summed E-state index contributed by atoms with van der Waals surface area (Å²) in [6.45, 7) is 0.0801. The summed E-state index contributed by atoms with van der Waals surface area (Å²) >= 11 is 0. The zero-order valence-corrected chi connectivity index (χ0v) is 20.4. The number of amides is 3. The van der Waals surface area contributed by atoms with Gasteiger partial charge >= 0.3 is 18.1 Å². The molecule has 37 heavy (non-hydrogen) atoms. The van der Waals surface area contributed by atoms with Crippen molar-refractivity contribution in [3.8, 4) is 11.1 Å². The zero-order valence-electron chi connectivity index (χ0n) is 20.4. The normalized spacial score (nSPS) is 12.6. The fraction of sp³-hybridized carbons (Fsp3) is 0.250. The number of rotatable bonds is 10. The first-order valence-electron chi connectivity index (χ1n) is 11.9. The lowest BCUT2D eigenvalue weighted by Gasteiger charge is -2.21. The first-order valence-corrected chi connectivity index (χ1v) is 11.9. The van der Waals surface area contributed by atoms with E-state index in [1.54, 1.807) is 0 Å². The number of hydrogen-bond donors (Lipinski definition) is 3. The minimum atomic E-state index is -0.906. The van der Waals surface area contributed by atoms with Crippen LogP contribution in [0.25, 0.3) is 11.1 Å². The van der Waals surface area contributed by atoms with Gasteiger partial charge in [0.2, 0.25) is 0 Å². The average Bonchev–Trinajstić information content (AvgIpc) is 3.24. The van der Waals surface area contributed by atoms with Crippen molar-refractivity contribution in [1.82, 2.24) is 16.0 Å². The van der Waals surface area contributed by atoms with Gasteiger partial charge < -0.3 is 24.8 Å². The molecule has 0 unspecified atom stereocenters. The molecule has 4 rings (SSSR count). The van der Waals surface area contributed by atoms with Gasteiger partial charge in [0.25, 0.3) is 0 Å². The molecule has 0 heterocycles. The topological polar surface area (TPSA) is 115 Å². The Morgan fingerprint density at radius 2 is 1.46 bits per heavy atom. The molecule has 0 aromatic heterocycles. The number of benzene rings is 3. The molecule has 0 saturated heterocycles. The summed E-state index contributed by atoms with van der Waals surface area (Å²) in [5, 5.41) is 7.58. The van der Waals surface area contributed by atoms with Crippen LogP contribution in [0.4, 0.5) is 9.59 Å². The Hall–Kier alpha value is -4.37. The summed E-state index contributed by atoms with van der Waals surface area (Å²) in [4.78, 5) is 36.3. The van der Waals surface area contributed by atoms with E-state index in [-0.39, 0.29) is 32.3 Å². The van der Waals surface area contributed by atoms with Crippen LogP contribution in [0.15, 0.2) is 78.9 Å². The number of esters is 1. The fourth-order valence-electron chi connectivity index (χ4n) is 4.20. The van der Waals surface area contributed by atoms with E-state index < -0.39 is 24.3 Å². The van der Waals surface area contributed by atoms with Gasteiger partial charge in [0.05, 0.1) is 20.3 Å². The minimum Gasteiger partial charge on any atom is -0.468 e. The fourth-order valence-corrected chi connectivity index (χ4v) is 4.20. The van der Waals surface area contributed by atoms with Crippen LogP contribution in [0.5, 0.6) is 0 Å². The summed E-state index contributed by atoms with van der Waals surface area (Å²) in [6, 6.07) is 24.9. The largest absolute Gasteiger partial charge is 0.468 e. The molecule has 192 valence electrons. The van der Waals surface area contributed by atoms with Gasteiger partial charge in [-0.3, -0.25) is 10.1 Å². The van der Waals surface area contributed by atoms with Crippen molar-refractivity contribution >= 4 is 18.1 Å². The maximum absolute atomic E-state index is 12.7. The lowest BCUT2D eigenvalue weighted by molar-refractivity contribution is -0.139. The zero-order chi connectivity index (χ0) is 26.0. The van der Waals surface area contributed by atoms with Crippen molar-refractivity contribution in [1.29, 1.82) is 0 Å². The standard InChI is InChI=1S/C28H29N3O6/c1-35-26(32)15-29-27(33)30-25(18-36-16-19-9-3-2-4-10-19)31-28(34)37-17-24-22-13-7-5-11-20(22)21-12-6-8-14-23(21)24/h2-14,24-25H,15-18H2,1H3,(H,31,34)(H2,29,30,33)/t25-/m0/s1. The first kappa shape index (κ1) is 25.7. The van der Waals surface area contributed by atoms with Crippen LogP contribution in [-0.4, -0.2) is 51.1 Å². The molecule has 3 aromatic rings. The summed E-state index contributed by atoms with van der Waals surface area (Å²) in [5.41, 5.74) is 5.39. The van der Waals surface area contributed by atoms with E-state index in [1.165, 1.54) is 7.11 Å². The Labute approximate surface area is 215 Å². The predicted octanol–water partition coefficient (Wildman–Crippen LogP) is 3.54. The van der Waals surface area contributed by atoms with E-state index in [0.717, 1.165) is 27.8 Å². The number of fused-ring (bicyclic) bond motifs is 3. The van der Waals surface area contributed by atoms with E-state index >= 15 is 0 Å². The second kappa shape index (κ2) is 12.5. The van der Waals surface area contributed by atoms with Crippen molar-refractivity contribution in [2.24, 2.45) is 0 Å². The van der Waals surface area contributed by atoms with Crippen LogP contribution < -0.4 is 16.0 Å². The van der Waals surface area contributed by atoms with E-state index in [4.69, 9.17) is 9.47 Å². The maximum atomic E-state index is 12.7. The molecule has 1 aliphatic rings. The Bertz CT molecular complexity index is 1190. The minimum absolute atomic E-state index is 0.0231. The molecule has 1 aliphatic carbocycles. The van der Waals surface area contributed by atoms with E-state index in [1.807, 2.05) is 66.7 Å². The van der Waals surface area contributed by atoms with Crippen molar-refractivity contribution in [2.75, 3.05) is 26.9 Å². The van der Waals surface area contributed by atoms with Gasteiger partial charge in [-0.25, -0.2) is 9.59 Å². The average molecular weight is 504 g/mol. The summed E-state index contributed by atoms with van der Waals surface area (Å²) < 4.78 is 15.8. The highest BCUT2D eigenvalue weighted by atomic mass is 16.5. The number of urea groups is 1. The van der Waals surface area contributed by atoms with E-state index in [9.17, 15) is 14.4 Å². The highest BCUT2D eigenvalue weighted by Gasteiger charge is 2.29. The van der Waals surface area contributed by atoms with Crippen LogP contribution in [-0.2, 0) is 25.6 Å². The lowest BCUT2D eigenvalue weighted by atomic mass is 9.98. The first-order chi connectivity index (χ1) is 18.0. The molecule has 0 spiro atoms. The Kier molecular flexibility index (Phi) is 8.72. The Balaban J connectivity index is 1.35. The monoisotopic (exact) mass is 503 g/mol. The van der Waals surface area contributed by atoms with Crippen molar-refractivity contribution in [3.05, 3.63) is 95.6 Å². The molecule has 9 nitrogen and oxygen atoms in total. The van der Waals surface area contributed by atoms with Gasteiger partial charge in [0.15, 0.2) is 0 Å². The summed E-state index contributed by atoms with van der Waals surface area (Å²) in [7, 11) is 1.22. The molecule has 3 amide bonds. The van der Waals surface area contributed by atoms with Crippen LogP contribution in [0.2, 0.25) is 0 Å². The van der Waals surface area contributed by atoms with Gasteiger partial charge in [-0.1, -0.05) is 78.9 Å². The number of hydrogen-bond acceptors (Lipinski definition) is 6. The van der Waals surface area contributed by atoms with Crippen LogP contribution >= 0.6 is 0 Å². The van der Waals surface area contributed by atoms with Crippen molar-refractivity contribution in [2.45, 2.75) is 18.7 Å². The predicted molar refractivity (Wildman–Crippen MR) is 137 cm³/mol. The molecule has 0 aliphatic heterocycles. The maximum Gasteiger partial charge on any atom is 0.408 e. The van der Waals surface area contributed by atoms with E-state index in [2.05, 4.69) is 32.8 Å². The van der Waals surface area contributed by atoms with Gasteiger partial charge in [-0.15, -0.1) is 0 Å². The molecule has 1 atom stereocenters. The molecule has 0 radical (unpaired) electrons. The Morgan fingerprint density at radius 1 is 0.838 bits per heavy atom. The smallest absolute Gasteiger partial charge is 0.408 e. The molecule has 0 saturated carbocycles. The quantitative estimate of drug-likeness (QED) is 0.288. The number of carbonyl (C=O) groups is 3. The highest BCUT2D eigenvalue weighted by Crippen LogP contribution is 2.44. The van der Waals surface area contributed by atoms with E-state index in [0.29, 0.717) is 0 Å². The molecule has 3 N–H and O–H groups in total. The summed E-state index contributed by atoms with van der Waals surface area (Å²) in [6.07, 6.45) is -1.61. The second-order valence-corrected chi connectivity index (χ2v) is 8.43. The lowest BCUT2D eigenvalue weighted by Crippen LogP contribution is -2.54. The molecule has 3 aromatic carbocycles. The van der Waals surface area contributed by atoms with Crippen LogP contribution in [0, 0.1) is 0 Å². The number of alkyl carbamates (subject to hydrolysis) is 1. The third-order valence-corrected chi connectivity index (χ3v) is 5.96. The van der Waals surface area contributed by atoms with Crippen molar-refractivity contribution < 1.29 is 28.6 Å². The summed E-state index contributed by atoms with van der Waals surface area (Å²) in [5.74, 6) is -0.696. The SMILES string of the molecule is COC(=O)CNC(=O)N[C@H](COCc1ccccc1)NC(=O)OCC1c2ccccc2-c2ccccc21. The number of nitrogens with one attached hydrogen (secondary N) is 3. The van der Waals surface area contributed by atoms with Gasteiger partial charge in [0, 0.05) is 5.92 Å². The molecular weight excluding hydrogens is 474 g/mol.